The predicted molar refractivity (Wildman–Crippen MR) is 58.7 cm³/mol. The summed E-state index contributed by atoms with van der Waals surface area (Å²) in [5, 5.41) is 11.8. The van der Waals surface area contributed by atoms with Crippen LogP contribution in [-0.4, -0.2) is 23.2 Å². The van der Waals surface area contributed by atoms with Crippen LogP contribution in [-0.2, 0) is 4.79 Å². The summed E-state index contributed by atoms with van der Waals surface area (Å²) in [5.74, 6) is -0.283. The van der Waals surface area contributed by atoms with Gasteiger partial charge in [-0.2, -0.15) is 0 Å². The van der Waals surface area contributed by atoms with Crippen molar-refractivity contribution in [3.63, 3.8) is 0 Å². The highest BCUT2D eigenvalue weighted by Crippen LogP contribution is 2.30. The molecule has 0 unspecified atom stereocenters. The van der Waals surface area contributed by atoms with Gasteiger partial charge in [0.05, 0.1) is 0 Å². The molecule has 3 N–H and O–H groups in total. The normalized spacial score (nSPS) is 18.3. The molecule has 88 valence electrons. The molecule has 0 aromatic carbocycles. The lowest BCUT2D eigenvalue weighted by atomic mass is 9.78. The topological polar surface area (TPSA) is 61.4 Å². The molecule has 4 heteroatoms. The van der Waals surface area contributed by atoms with E-state index in [9.17, 15) is 4.79 Å². The van der Waals surface area contributed by atoms with E-state index in [1.807, 2.05) is 0 Å². The predicted octanol–water partition coefficient (Wildman–Crippen LogP) is 1.58. The van der Waals surface area contributed by atoms with Crippen LogP contribution >= 0.6 is 0 Å². The fourth-order valence-electron chi connectivity index (χ4n) is 1.92. The molecule has 4 nitrogen and oxygen atoms in total. The molecule has 0 bridgehead atoms. The number of carbonyl (C=O) groups excluding carboxylic acids is 1. The monoisotopic (exact) mass is 214 g/mol. The van der Waals surface area contributed by atoms with Crippen molar-refractivity contribution in [1.82, 2.24) is 10.8 Å². The van der Waals surface area contributed by atoms with Crippen LogP contribution in [0.5, 0.6) is 0 Å². The second-order valence-corrected chi connectivity index (χ2v) is 4.69. The van der Waals surface area contributed by atoms with E-state index in [-0.39, 0.29) is 5.91 Å². The molecule has 0 aromatic rings. The lowest BCUT2D eigenvalue weighted by molar-refractivity contribution is -0.129. The Balaban J connectivity index is 1.87. The molecule has 1 aliphatic carbocycles. The summed E-state index contributed by atoms with van der Waals surface area (Å²) >= 11 is 0. The van der Waals surface area contributed by atoms with Gasteiger partial charge in [-0.05, 0) is 45.6 Å². The van der Waals surface area contributed by atoms with Crippen LogP contribution in [0.3, 0.4) is 0 Å². The van der Waals surface area contributed by atoms with E-state index in [2.05, 4.69) is 12.2 Å². The van der Waals surface area contributed by atoms with Crippen molar-refractivity contribution >= 4 is 5.91 Å². The molecule has 1 amide bonds. The second kappa shape index (κ2) is 6.08. The number of hydrogen-bond donors (Lipinski definition) is 3. The van der Waals surface area contributed by atoms with Gasteiger partial charge in [-0.1, -0.05) is 6.42 Å². The minimum atomic E-state index is -0.283. The summed E-state index contributed by atoms with van der Waals surface area (Å²) in [6.07, 6.45) is 7.35. The first-order chi connectivity index (χ1) is 7.16. The first-order valence-corrected chi connectivity index (χ1v) is 5.84. The van der Waals surface area contributed by atoms with Crippen molar-refractivity contribution in [2.24, 2.45) is 0 Å². The number of hydrogen-bond acceptors (Lipinski definition) is 3. The summed E-state index contributed by atoms with van der Waals surface area (Å²) in [7, 11) is 0. The maximum absolute atomic E-state index is 10.7. The zero-order valence-electron chi connectivity index (χ0n) is 9.51. The first-order valence-electron chi connectivity index (χ1n) is 5.84. The number of nitrogens with one attached hydrogen (secondary N) is 2. The number of hydroxylamine groups is 1. The third kappa shape index (κ3) is 4.62. The van der Waals surface area contributed by atoms with E-state index in [1.165, 1.54) is 19.3 Å². The van der Waals surface area contributed by atoms with E-state index in [0.29, 0.717) is 12.0 Å². The Kier molecular flexibility index (Phi) is 5.05. The molecule has 0 spiro atoms. The zero-order valence-corrected chi connectivity index (χ0v) is 9.51. The largest absolute Gasteiger partial charge is 0.312 e. The second-order valence-electron chi connectivity index (χ2n) is 4.69. The third-order valence-corrected chi connectivity index (χ3v) is 3.21. The summed E-state index contributed by atoms with van der Waals surface area (Å²) in [5.41, 5.74) is 2.04. The molecule has 0 heterocycles. The van der Waals surface area contributed by atoms with E-state index in [4.69, 9.17) is 5.21 Å². The van der Waals surface area contributed by atoms with Crippen LogP contribution in [0, 0.1) is 0 Å². The highest BCUT2D eigenvalue weighted by molar-refractivity contribution is 5.74. The van der Waals surface area contributed by atoms with Crippen molar-refractivity contribution < 1.29 is 10.0 Å². The summed E-state index contributed by atoms with van der Waals surface area (Å²) in [4.78, 5) is 10.7. The third-order valence-electron chi connectivity index (χ3n) is 3.21. The average Bonchev–Trinajstić information content (AvgIpc) is 2.20. The van der Waals surface area contributed by atoms with Gasteiger partial charge in [0.25, 0.3) is 0 Å². The van der Waals surface area contributed by atoms with Crippen LogP contribution in [0.25, 0.3) is 0 Å². The summed E-state index contributed by atoms with van der Waals surface area (Å²) in [6.45, 7) is 3.31. The first kappa shape index (κ1) is 12.5. The molecule has 1 aliphatic rings. The Labute approximate surface area is 91.4 Å². The van der Waals surface area contributed by atoms with Crippen molar-refractivity contribution in [2.75, 3.05) is 6.54 Å². The Morgan fingerprint density at radius 2 is 2.07 bits per heavy atom. The molecule has 0 aromatic heterocycles. The summed E-state index contributed by atoms with van der Waals surface area (Å²) in [6, 6.07) is 0. The standard InChI is InChI=1S/C11H22N2O2/c1-11(7-5-8-11)12-9-4-2-3-6-10(14)13-15/h12,15H,2-9H2,1H3,(H,13,14). The summed E-state index contributed by atoms with van der Waals surface area (Å²) < 4.78 is 0. The van der Waals surface area contributed by atoms with E-state index in [1.54, 1.807) is 5.48 Å². The lowest BCUT2D eigenvalue weighted by Gasteiger charge is -2.39. The fraction of sp³-hybridized carbons (Fsp3) is 0.909. The van der Waals surface area contributed by atoms with Gasteiger partial charge in [-0.25, -0.2) is 5.48 Å². The molecule has 1 rings (SSSR count). The molecule has 0 saturated heterocycles. The Bertz CT molecular complexity index is 203. The van der Waals surface area contributed by atoms with Crippen molar-refractivity contribution in [3.8, 4) is 0 Å². The molecule has 1 fully saturated rings. The van der Waals surface area contributed by atoms with Gasteiger partial charge in [0.1, 0.15) is 0 Å². The maximum atomic E-state index is 10.7. The Hall–Kier alpha value is -0.610. The minimum absolute atomic E-state index is 0.283. The van der Waals surface area contributed by atoms with Crippen LogP contribution < -0.4 is 10.8 Å². The lowest BCUT2D eigenvalue weighted by Crippen LogP contribution is -2.48. The van der Waals surface area contributed by atoms with Gasteiger partial charge < -0.3 is 5.32 Å². The molecule has 0 aliphatic heterocycles. The van der Waals surface area contributed by atoms with Crippen LogP contribution in [0.1, 0.15) is 51.9 Å². The quantitative estimate of drug-likeness (QED) is 0.342. The van der Waals surface area contributed by atoms with Crippen LogP contribution in [0.4, 0.5) is 0 Å². The fourth-order valence-corrected chi connectivity index (χ4v) is 1.92. The minimum Gasteiger partial charge on any atom is -0.312 e. The molecular weight excluding hydrogens is 192 g/mol. The van der Waals surface area contributed by atoms with Crippen molar-refractivity contribution in [3.05, 3.63) is 0 Å². The molecular formula is C11H22N2O2. The number of carbonyl (C=O) groups is 1. The molecule has 1 saturated carbocycles. The van der Waals surface area contributed by atoms with E-state index < -0.39 is 0 Å². The van der Waals surface area contributed by atoms with Gasteiger partial charge >= 0.3 is 0 Å². The van der Waals surface area contributed by atoms with Crippen molar-refractivity contribution in [2.45, 2.75) is 57.4 Å². The van der Waals surface area contributed by atoms with Gasteiger partial charge in [0.15, 0.2) is 0 Å². The van der Waals surface area contributed by atoms with Crippen molar-refractivity contribution in [1.29, 1.82) is 0 Å². The van der Waals surface area contributed by atoms with Crippen LogP contribution in [0.15, 0.2) is 0 Å². The smallest absolute Gasteiger partial charge is 0.243 e. The number of rotatable bonds is 7. The van der Waals surface area contributed by atoms with Gasteiger partial charge in [0.2, 0.25) is 5.91 Å². The zero-order chi connectivity index (χ0) is 11.1. The SMILES string of the molecule is CC1(NCCCCCC(=O)NO)CCC1. The molecule has 0 radical (unpaired) electrons. The van der Waals surface area contributed by atoms with E-state index in [0.717, 1.165) is 25.8 Å². The average molecular weight is 214 g/mol. The molecule has 15 heavy (non-hydrogen) atoms. The van der Waals surface area contributed by atoms with Crippen LogP contribution in [0.2, 0.25) is 0 Å². The highest BCUT2D eigenvalue weighted by Gasteiger charge is 2.30. The van der Waals surface area contributed by atoms with Gasteiger partial charge in [-0.15, -0.1) is 0 Å². The Morgan fingerprint density at radius 1 is 1.33 bits per heavy atom. The van der Waals surface area contributed by atoms with Gasteiger partial charge in [-0.3, -0.25) is 10.0 Å². The maximum Gasteiger partial charge on any atom is 0.243 e. The number of amides is 1. The Morgan fingerprint density at radius 3 is 2.60 bits per heavy atom. The number of unbranched alkanes of at least 4 members (excludes halogenated alkanes) is 2. The van der Waals surface area contributed by atoms with E-state index >= 15 is 0 Å². The van der Waals surface area contributed by atoms with Gasteiger partial charge in [0, 0.05) is 12.0 Å². The molecule has 0 atom stereocenters. The highest BCUT2D eigenvalue weighted by atomic mass is 16.5.